The molecule has 0 aliphatic rings. The van der Waals surface area contributed by atoms with E-state index >= 15 is 0 Å². The number of rotatable bonds is 7. The second-order valence-electron chi connectivity index (χ2n) is 5.34. The number of unbranched alkanes of at least 4 members (excludes halogenated alkanes) is 1. The van der Waals surface area contributed by atoms with Gasteiger partial charge in [0.15, 0.2) is 0 Å². The Balaban J connectivity index is 1.82. The summed E-state index contributed by atoms with van der Waals surface area (Å²) in [6.45, 7) is 5.28. The summed E-state index contributed by atoms with van der Waals surface area (Å²) in [4.78, 5) is 4.14. The highest BCUT2D eigenvalue weighted by Crippen LogP contribution is 2.14. The lowest BCUT2D eigenvalue weighted by molar-refractivity contribution is 0.500. The number of hydrogen-bond donors (Lipinski definition) is 1. The first-order valence-electron chi connectivity index (χ1n) is 7.47. The molecule has 0 aliphatic carbocycles. The third kappa shape index (κ3) is 4.46. The van der Waals surface area contributed by atoms with Crippen molar-refractivity contribution in [2.24, 2.45) is 0 Å². The Morgan fingerprint density at radius 2 is 2.15 bits per heavy atom. The van der Waals surface area contributed by atoms with Gasteiger partial charge in [0.1, 0.15) is 0 Å². The van der Waals surface area contributed by atoms with E-state index in [1.54, 1.807) is 0 Å². The summed E-state index contributed by atoms with van der Waals surface area (Å²) < 4.78 is 0. The second-order valence-corrected chi connectivity index (χ2v) is 5.34. The van der Waals surface area contributed by atoms with Crippen LogP contribution >= 0.6 is 0 Å². The van der Waals surface area contributed by atoms with Crippen molar-refractivity contribution < 1.29 is 0 Å². The van der Waals surface area contributed by atoms with Gasteiger partial charge in [0.2, 0.25) is 0 Å². The van der Waals surface area contributed by atoms with E-state index in [0.29, 0.717) is 6.04 Å². The third-order valence-corrected chi connectivity index (χ3v) is 3.60. The molecule has 20 heavy (non-hydrogen) atoms. The Kier molecular flexibility index (Phi) is 5.75. The van der Waals surface area contributed by atoms with E-state index in [1.807, 2.05) is 12.4 Å². The number of fused-ring (bicyclic) bond motifs is 1. The molecule has 0 saturated heterocycles. The Labute approximate surface area is 121 Å². The number of benzene rings is 1. The number of nitrogens with zero attached hydrogens (tertiary/aromatic N) is 1. The van der Waals surface area contributed by atoms with E-state index in [1.165, 1.54) is 35.6 Å². The van der Waals surface area contributed by atoms with Crippen molar-refractivity contribution in [2.45, 2.75) is 45.7 Å². The fourth-order valence-corrected chi connectivity index (χ4v) is 2.35. The average Bonchev–Trinajstić information content (AvgIpc) is 2.49. The van der Waals surface area contributed by atoms with Crippen molar-refractivity contribution in [3.8, 4) is 0 Å². The van der Waals surface area contributed by atoms with Crippen LogP contribution in [0.3, 0.4) is 0 Å². The SMILES string of the molecule is CC=CCCC[C@H](C)NCc1ccc2cnccc2c1. The maximum atomic E-state index is 4.14. The molecule has 1 atom stereocenters. The maximum Gasteiger partial charge on any atom is 0.0346 e. The summed E-state index contributed by atoms with van der Waals surface area (Å²) in [5.41, 5.74) is 1.34. The molecule has 2 heteroatoms. The van der Waals surface area contributed by atoms with Crippen LogP contribution in [0.4, 0.5) is 0 Å². The molecule has 2 aromatic rings. The molecule has 0 bridgehead atoms. The maximum absolute atomic E-state index is 4.14. The zero-order valence-electron chi connectivity index (χ0n) is 12.5. The standard InChI is InChI=1S/C18H24N2/c1-3-4-5-6-7-15(2)20-13-16-8-9-18-14-19-11-10-17(18)12-16/h3-4,8-12,14-15,20H,5-7,13H2,1-2H3/t15-/m0/s1. The number of aromatic nitrogens is 1. The highest BCUT2D eigenvalue weighted by atomic mass is 14.9. The van der Waals surface area contributed by atoms with Crippen LogP contribution in [0, 0.1) is 0 Å². The van der Waals surface area contributed by atoms with E-state index in [9.17, 15) is 0 Å². The van der Waals surface area contributed by atoms with Crippen LogP contribution in [0.25, 0.3) is 10.8 Å². The molecular formula is C18H24N2. The molecule has 0 saturated carbocycles. The molecule has 1 heterocycles. The third-order valence-electron chi connectivity index (χ3n) is 3.60. The monoisotopic (exact) mass is 268 g/mol. The molecule has 2 nitrogen and oxygen atoms in total. The molecule has 1 N–H and O–H groups in total. The lowest BCUT2D eigenvalue weighted by Crippen LogP contribution is -2.25. The molecule has 2 rings (SSSR count). The molecule has 1 aromatic carbocycles. The summed E-state index contributed by atoms with van der Waals surface area (Å²) in [7, 11) is 0. The number of pyridine rings is 1. The summed E-state index contributed by atoms with van der Waals surface area (Å²) in [6.07, 6.45) is 11.8. The lowest BCUT2D eigenvalue weighted by atomic mass is 10.1. The van der Waals surface area contributed by atoms with Gasteiger partial charge in [-0.15, -0.1) is 0 Å². The minimum absolute atomic E-state index is 0.563. The van der Waals surface area contributed by atoms with Crippen molar-refractivity contribution >= 4 is 10.8 Å². The van der Waals surface area contributed by atoms with Crippen LogP contribution in [-0.4, -0.2) is 11.0 Å². The molecule has 0 spiro atoms. The summed E-state index contributed by atoms with van der Waals surface area (Å²) in [5.74, 6) is 0. The molecule has 0 unspecified atom stereocenters. The molecule has 0 amide bonds. The summed E-state index contributed by atoms with van der Waals surface area (Å²) >= 11 is 0. The molecule has 0 radical (unpaired) electrons. The smallest absolute Gasteiger partial charge is 0.0346 e. The Morgan fingerprint density at radius 1 is 1.25 bits per heavy atom. The number of nitrogens with one attached hydrogen (secondary N) is 1. The fraction of sp³-hybridized carbons (Fsp3) is 0.389. The molecule has 0 fully saturated rings. The fourth-order valence-electron chi connectivity index (χ4n) is 2.35. The van der Waals surface area contributed by atoms with Gasteiger partial charge in [-0.2, -0.15) is 0 Å². The van der Waals surface area contributed by atoms with Gasteiger partial charge >= 0.3 is 0 Å². The first-order valence-corrected chi connectivity index (χ1v) is 7.47. The normalized spacial score (nSPS) is 13.1. The Hall–Kier alpha value is -1.67. The van der Waals surface area contributed by atoms with Gasteiger partial charge in [0.05, 0.1) is 0 Å². The predicted octanol–water partition coefficient (Wildman–Crippen LogP) is 4.46. The van der Waals surface area contributed by atoms with Gasteiger partial charge in [0.25, 0.3) is 0 Å². The van der Waals surface area contributed by atoms with Gasteiger partial charge in [-0.25, -0.2) is 0 Å². The summed E-state index contributed by atoms with van der Waals surface area (Å²) in [6, 6.07) is 9.21. The van der Waals surface area contributed by atoms with E-state index in [2.05, 4.69) is 60.6 Å². The van der Waals surface area contributed by atoms with Gasteiger partial charge in [-0.1, -0.05) is 24.3 Å². The quantitative estimate of drug-likeness (QED) is 0.592. The summed E-state index contributed by atoms with van der Waals surface area (Å²) in [5, 5.41) is 6.07. The van der Waals surface area contributed by atoms with Crippen molar-refractivity contribution in [3.63, 3.8) is 0 Å². The van der Waals surface area contributed by atoms with E-state index in [-0.39, 0.29) is 0 Å². The molecule has 0 aliphatic heterocycles. The zero-order valence-corrected chi connectivity index (χ0v) is 12.5. The van der Waals surface area contributed by atoms with Gasteiger partial charge in [-0.3, -0.25) is 4.98 Å². The van der Waals surface area contributed by atoms with Crippen LogP contribution in [-0.2, 0) is 6.54 Å². The van der Waals surface area contributed by atoms with Crippen molar-refractivity contribution in [1.29, 1.82) is 0 Å². The topological polar surface area (TPSA) is 24.9 Å². The van der Waals surface area contributed by atoms with Crippen molar-refractivity contribution in [3.05, 3.63) is 54.4 Å². The minimum Gasteiger partial charge on any atom is -0.310 e. The van der Waals surface area contributed by atoms with E-state index in [0.717, 1.165) is 6.54 Å². The predicted molar refractivity (Wildman–Crippen MR) is 86.7 cm³/mol. The first kappa shape index (κ1) is 14.7. The van der Waals surface area contributed by atoms with Gasteiger partial charge in [0, 0.05) is 30.4 Å². The average molecular weight is 268 g/mol. The van der Waals surface area contributed by atoms with Crippen LogP contribution < -0.4 is 5.32 Å². The highest BCUT2D eigenvalue weighted by molar-refractivity contribution is 5.81. The highest BCUT2D eigenvalue weighted by Gasteiger charge is 2.02. The Bertz CT molecular complexity index is 560. The van der Waals surface area contributed by atoms with E-state index in [4.69, 9.17) is 0 Å². The molecular weight excluding hydrogens is 244 g/mol. The van der Waals surface area contributed by atoms with Crippen molar-refractivity contribution in [2.75, 3.05) is 0 Å². The Morgan fingerprint density at radius 3 is 3.00 bits per heavy atom. The number of allylic oxidation sites excluding steroid dienone is 2. The zero-order chi connectivity index (χ0) is 14.2. The van der Waals surface area contributed by atoms with E-state index < -0.39 is 0 Å². The van der Waals surface area contributed by atoms with Crippen LogP contribution in [0.2, 0.25) is 0 Å². The molecule has 106 valence electrons. The second kappa shape index (κ2) is 7.81. The lowest BCUT2D eigenvalue weighted by Gasteiger charge is -2.13. The van der Waals surface area contributed by atoms with Crippen LogP contribution in [0.1, 0.15) is 38.7 Å². The van der Waals surface area contributed by atoms with Crippen LogP contribution in [0.5, 0.6) is 0 Å². The van der Waals surface area contributed by atoms with Gasteiger partial charge < -0.3 is 5.32 Å². The minimum atomic E-state index is 0.563. The molecule has 1 aromatic heterocycles. The largest absolute Gasteiger partial charge is 0.310 e. The van der Waals surface area contributed by atoms with Crippen molar-refractivity contribution in [1.82, 2.24) is 10.3 Å². The van der Waals surface area contributed by atoms with Gasteiger partial charge in [-0.05, 0) is 56.2 Å². The van der Waals surface area contributed by atoms with Crippen LogP contribution in [0.15, 0.2) is 48.8 Å². The number of hydrogen-bond acceptors (Lipinski definition) is 2. The first-order chi connectivity index (χ1) is 9.79.